The number of likely N-dealkylation sites (tertiary alicyclic amines) is 1. The Morgan fingerprint density at radius 3 is 2.23 bits per heavy atom. The fourth-order valence-electron chi connectivity index (χ4n) is 4.25. The Labute approximate surface area is 202 Å². The number of nitrogens with one attached hydrogen (secondary N) is 1. The molecule has 1 aliphatic rings. The van der Waals surface area contributed by atoms with Gasteiger partial charge in [0.2, 0.25) is 0 Å². The number of hydrogen-bond acceptors (Lipinski definition) is 5. The zero-order valence-corrected chi connectivity index (χ0v) is 19.2. The largest absolute Gasteiger partial charge is 0.478 e. The first-order valence-corrected chi connectivity index (χ1v) is 10.8. The number of carboxylic acids is 2. The second-order valence-electron chi connectivity index (χ2n) is 8.84. The summed E-state index contributed by atoms with van der Waals surface area (Å²) in [5.41, 5.74) is 8.40. The number of fused-ring (bicyclic) bond motifs is 3. The fraction of sp³-hybridized carbons (Fsp3) is 0.417. The SMILES string of the molecule is C.CC(C)N1CCC(C)(c2c[nH]n3c2nc2cc(F)cc(C(N)=O)c23)CC1.O=C(O)/C=C\C(=O)O. The second-order valence-corrected chi connectivity index (χ2v) is 8.84. The van der Waals surface area contributed by atoms with Crippen molar-refractivity contribution >= 4 is 34.5 Å². The van der Waals surface area contributed by atoms with Crippen molar-refractivity contribution < 1.29 is 29.0 Å². The zero-order valence-electron chi connectivity index (χ0n) is 19.2. The third kappa shape index (κ3) is 5.86. The number of nitrogens with two attached hydrogens (primary N) is 1. The summed E-state index contributed by atoms with van der Waals surface area (Å²) in [4.78, 5) is 38.0. The first kappa shape index (κ1) is 27.5. The smallest absolute Gasteiger partial charge is 0.328 e. The van der Waals surface area contributed by atoms with Crippen molar-refractivity contribution in [1.29, 1.82) is 0 Å². The predicted octanol–water partition coefficient (Wildman–Crippen LogP) is 3.16. The number of hydrogen-bond donors (Lipinski definition) is 4. The molecule has 190 valence electrons. The van der Waals surface area contributed by atoms with E-state index >= 15 is 0 Å². The van der Waals surface area contributed by atoms with Crippen molar-refractivity contribution in [2.75, 3.05) is 13.1 Å². The molecular formula is C24H32FN5O5. The van der Waals surface area contributed by atoms with Gasteiger partial charge in [-0.05, 0) is 45.8 Å². The number of aromatic amines is 1. The summed E-state index contributed by atoms with van der Waals surface area (Å²) in [6, 6.07) is 3.05. The average Bonchev–Trinajstić information content (AvgIpc) is 3.31. The first-order chi connectivity index (χ1) is 15.9. The maximum Gasteiger partial charge on any atom is 0.328 e. The van der Waals surface area contributed by atoms with Crippen molar-refractivity contribution in [2.45, 2.75) is 52.5 Å². The van der Waals surface area contributed by atoms with E-state index in [9.17, 15) is 18.8 Å². The van der Waals surface area contributed by atoms with Gasteiger partial charge in [0.05, 0.1) is 11.1 Å². The Hall–Kier alpha value is -3.73. The number of piperidine rings is 1. The highest BCUT2D eigenvalue weighted by atomic mass is 19.1. The molecule has 3 aromatic rings. The number of H-pyrrole nitrogens is 1. The molecule has 1 aromatic carbocycles. The number of halogens is 1. The highest BCUT2D eigenvalue weighted by Crippen LogP contribution is 2.38. The van der Waals surface area contributed by atoms with E-state index in [-0.39, 0.29) is 18.4 Å². The Kier molecular flexibility index (Phi) is 8.40. The average molecular weight is 490 g/mol. The van der Waals surface area contributed by atoms with Crippen molar-refractivity contribution in [3.05, 3.63) is 47.4 Å². The number of carbonyl (C=O) groups excluding carboxylic acids is 1. The normalized spacial score (nSPS) is 15.7. The van der Waals surface area contributed by atoms with Crippen LogP contribution in [-0.2, 0) is 15.0 Å². The van der Waals surface area contributed by atoms with Crippen LogP contribution < -0.4 is 5.73 Å². The first-order valence-electron chi connectivity index (χ1n) is 10.8. The molecule has 0 spiro atoms. The number of imidazole rings is 1. The van der Waals surface area contributed by atoms with Crippen LogP contribution >= 0.6 is 0 Å². The molecule has 10 nitrogen and oxygen atoms in total. The van der Waals surface area contributed by atoms with Crippen LogP contribution in [0.3, 0.4) is 0 Å². The lowest BCUT2D eigenvalue weighted by Crippen LogP contribution is -2.43. The molecule has 3 heterocycles. The van der Waals surface area contributed by atoms with Gasteiger partial charge < -0.3 is 20.8 Å². The van der Waals surface area contributed by atoms with Gasteiger partial charge in [0.15, 0.2) is 5.65 Å². The predicted molar refractivity (Wildman–Crippen MR) is 130 cm³/mol. The molecule has 0 aliphatic carbocycles. The summed E-state index contributed by atoms with van der Waals surface area (Å²) < 4.78 is 15.6. The molecule has 4 rings (SSSR count). The van der Waals surface area contributed by atoms with Crippen LogP contribution in [0.15, 0.2) is 30.5 Å². The molecule has 35 heavy (non-hydrogen) atoms. The fourth-order valence-corrected chi connectivity index (χ4v) is 4.25. The molecule has 1 saturated heterocycles. The van der Waals surface area contributed by atoms with Gasteiger partial charge in [-0.2, -0.15) is 0 Å². The lowest BCUT2D eigenvalue weighted by molar-refractivity contribution is -0.134. The van der Waals surface area contributed by atoms with Crippen LogP contribution in [0.2, 0.25) is 0 Å². The number of carboxylic acid groups (broad SMARTS) is 2. The Bertz CT molecular complexity index is 1250. The van der Waals surface area contributed by atoms with E-state index in [1.807, 2.05) is 6.20 Å². The number of primary amides is 1. The Morgan fingerprint density at radius 2 is 1.74 bits per heavy atom. The van der Waals surface area contributed by atoms with Gasteiger partial charge >= 0.3 is 11.9 Å². The molecule has 1 amide bonds. The molecule has 0 unspecified atom stereocenters. The summed E-state index contributed by atoms with van der Waals surface area (Å²) in [6.45, 7) is 8.76. The molecule has 0 atom stereocenters. The van der Waals surface area contributed by atoms with Gasteiger partial charge in [-0.15, -0.1) is 0 Å². The van der Waals surface area contributed by atoms with Crippen molar-refractivity contribution in [2.24, 2.45) is 5.73 Å². The number of rotatable bonds is 5. The molecule has 1 aliphatic heterocycles. The number of nitrogens with zero attached hydrogens (tertiary/aromatic N) is 3. The second kappa shape index (κ2) is 10.7. The number of aliphatic carboxylic acids is 2. The number of aromatic nitrogens is 3. The molecule has 2 aromatic heterocycles. The minimum absolute atomic E-state index is 0. The van der Waals surface area contributed by atoms with Crippen LogP contribution in [0.5, 0.6) is 0 Å². The lowest BCUT2D eigenvalue weighted by Gasteiger charge is -2.40. The van der Waals surface area contributed by atoms with Gasteiger partial charge in [0.1, 0.15) is 11.3 Å². The minimum Gasteiger partial charge on any atom is -0.478 e. The van der Waals surface area contributed by atoms with Gasteiger partial charge in [0, 0.05) is 41.4 Å². The third-order valence-electron chi connectivity index (χ3n) is 6.21. The monoisotopic (exact) mass is 489 g/mol. The Morgan fingerprint density at radius 1 is 1.17 bits per heavy atom. The molecular weight excluding hydrogens is 457 g/mol. The topological polar surface area (TPSA) is 154 Å². The van der Waals surface area contributed by atoms with Crippen LogP contribution in [-0.4, -0.2) is 66.7 Å². The highest BCUT2D eigenvalue weighted by Gasteiger charge is 2.35. The third-order valence-corrected chi connectivity index (χ3v) is 6.21. The standard InChI is InChI=1S/C19H24FN5O.C4H4O4.CH4/c1-11(2)24-6-4-19(3,5-7-24)14-10-22-25-16-13(17(21)26)8-12(20)9-15(16)23-18(14)25;5-3(6)1-2-4(7)8;/h8-11,22H,4-7H2,1-3H3,(H2,21,26);1-2H,(H,5,6)(H,7,8);1H4/b;2-1-;. The molecule has 0 saturated carbocycles. The highest BCUT2D eigenvalue weighted by molar-refractivity contribution is 6.05. The lowest BCUT2D eigenvalue weighted by atomic mass is 9.75. The molecule has 5 N–H and O–H groups in total. The Balaban J connectivity index is 0.000000418. The number of benzene rings is 1. The van der Waals surface area contributed by atoms with Gasteiger partial charge in [-0.1, -0.05) is 14.4 Å². The molecule has 11 heteroatoms. The van der Waals surface area contributed by atoms with E-state index in [0.29, 0.717) is 29.2 Å². The van der Waals surface area contributed by atoms with Crippen LogP contribution in [0.25, 0.3) is 16.7 Å². The summed E-state index contributed by atoms with van der Waals surface area (Å²) in [5.74, 6) is -3.69. The summed E-state index contributed by atoms with van der Waals surface area (Å²) in [7, 11) is 0. The molecule has 1 fully saturated rings. The summed E-state index contributed by atoms with van der Waals surface area (Å²) in [6.07, 6.45) is 5.13. The van der Waals surface area contributed by atoms with Crippen molar-refractivity contribution in [3.8, 4) is 0 Å². The maximum absolute atomic E-state index is 13.9. The minimum atomic E-state index is -1.26. The number of amides is 1. The van der Waals surface area contributed by atoms with E-state index in [1.165, 1.54) is 12.1 Å². The van der Waals surface area contributed by atoms with E-state index in [4.69, 9.17) is 15.9 Å². The van der Waals surface area contributed by atoms with Gasteiger partial charge in [0.25, 0.3) is 5.91 Å². The molecule has 0 bridgehead atoms. The summed E-state index contributed by atoms with van der Waals surface area (Å²) >= 11 is 0. The van der Waals surface area contributed by atoms with E-state index < -0.39 is 23.7 Å². The van der Waals surface area contributed by atoms with E-state index in [2.05, 4.69) is 35.8 Å². The van der Waals surface area contributed by atoms with E-state index in [1.54, 1.807) is 4.52 Å². The van der Waals surface area contributed by atoms with Gasteiger partial charge in [-0.25, -0.2) is 23.5 Å². The van der Waals surface area contributed by atoms with Crippen LogP contribution in [0.1, 0.15) is 57.0 Å². The van der Waals surface area contributed by atoms with Gasteiger partial charge in [-0.3, -0.25) is 9.89 Å². The van der Waals surface area contributed by atoms with Crippen LogP contribution in [0, 0.1) is 5.82 Å². The van der Waals surface area contributed by atoms with Crippen LogP contribution in [0.4, 0.5) is 4.39 Å². The maximum atomic E-state index is 13.9. The zero-order chi connectivity index (χ0) is 25.2. The summed E-state index contributed by atoms with van der Waals surface area (Å²) in [5, 5.41) is 18.8. The van der Waals surface area contributed by atoms with Crippen molar-refractivity contribution in [1.82, 2.24) is 19.5 Å². The number of carbonyl (C=O) groups is 3. The van der Waals surface area contributed by atoms with Crippen molar-refractivity contribution in [3.63, 3.8) is 0 Å². The molecule has 0 radical (unpaired) electrons. The quantitative estimate of drug-likeness (QED) is 0.401. The van der Waals surface area contributed by atoms with E-state index in [0.717, 1.165) is 37.1 Å².